The summed E-state index contributed by atoms with van der Waals surface area (Å²) >= 11 is 1.05. The Morgan fingerprint density at radius 3 is 2.54 bits per heavy atom. The molecular weight excluding hydrogens is 336 g/mol. The van der Waals surface area contributed by atoms with Crippen LogP contribution in [0.25, 0.3) is 0 Å². The van der Waals surface area contributed by atoms with Crippen LogP contribution < -0.4 is 14.8 Å². The van der Waals surface area contributed by atoms with Gasteiger partial charge in [0.2, 0.25) is 0 Å². The predicted octanol–water partition coefficient (Wildman–Crippen LogP) is 4.28. The van der Waals surface area contributed by atoms with Gasteiger partial charge in [-0.05, 0) is 35.1 Å². The summed E-state index contributed by atoms with van der Waals surface area (Å²) in [5, 5.41) is 4.15. The molecule has 0 atom stereocenters. The molecule has 1 aromatic carbocycles. The number of carbonyl (C=O) groups excluding carboxylic acids is 1. The maximum Gasteiger partial charge on any atom is 0.387 e. The van der Waals surface area contributed by atoms with Crippen LogP contribution in [-0.2, 0) is 0 Å². The number of alkyl halides is 2. The van der Waals surface area contributed by atoms with Crippen LogP contribution in [0.1, 0.15) is 35.0 Å². The Balaban J connectivity index is 1.78. The Bertz CT molecular complexity index is 656. The summed E-state index contributed by atoms with van der Waals surface area (Å²) < 4.78 is 34.3. The number of amides is 1. The lowest BCUT2D eigenvalue weighted by molar-refractivity contribution is -0.0498. The van der Waals surface area contributed by atoms with Gasteiger partial charge in [0, 0.05) is 0 Å². The zero-order chi connectivity index (χ0) is 17.5. The third kappa shape index (κ3) is 5.19. The van der Waals surface area contributed by atoms with Gasteiger partial charge in [-0.1, -0.05) is 26.0 Å². The van der Waals surface area contributed by atoms with E-state index >= 15 is 0 Å². The number of nitrogens with one attached hydrogen (secondary N) is 1. The molecule has 2 rings (SSSR count). The first kappa shape index (κ1) is 18.2. The topological polar surface area (TPSA) is 47.6 Å². The molecule has 24 heavy (non-hydrogen) atoms. The second-order valence-corrected chi connectivity index (χ2v) is 6.24. The van der Waals surface area contributed by atoms with Crippen LogP contribution in [0.5, 0.6) is 11.5 Å². The Labute approximate surface area is 143 Å². The Morgan fingerprint density at radius 1 is 1.21 bits per heavy atom. The van der Waals surface area contributed by atoms with Crippen molar-refractivity contribution in [2.75, 3.05) is 13.2 Å². The van der Waals surface area contributed by atoms with Gasteiger partial charge in [-0.15, -0.1) is 11.3 Å². The van der Waals surface area contributed by atoms with Gasteiger partial charge >= 0.3 is 6.61 Å². The molecule has 0 unspecified atom stereocenters. The summed E-state index contributed by atoms with van der Waals surface area (Å²) in [6.45, 7) is 1.81. The highest BCUT2D eigenvalue weighted by molar-refractivity contribution is 7.12. The Kier molecular flexibility index (Phi) is 6.54. The molecule has 0 aliphatic carbocycles. The van der Waals surface area contributed by atoms with Crippen LogP contribution in [-0.4, -0.2) is 25.7 Å². The van der Waals surface area contributed by atoms with E-state index in [4.69, 9.17) is 4.74 Å². The summed E-state index contributed by atoms with van der Waals surface area (Å²) in [4.78, 5) is 12.1. The van der Waals surface area contributed by atoms with Gasteiger partial charge in [0.05, 0.1) is 6.54 Å². The minimum Gasteiger partial charge on any atom is -0.492 e. The quantitative estimate of drug-likeness (QED) is 0.719. The zero-order valence-corrected chi connectivity index (χ0v) is 14.2. The Hall–Kier alpha value is -2.15. The van der Waals surface area contributed by atoms with Crippen molar-refractivity contribution >= 4 is 17.2 Å². The number of hydrogen-bond acceptors (Lipinski definition) is 4. The molecule has 130 valence electrons. The smallest absolute Gasteiger partial charge is 0.387 e. The first-order chi connectivity index (χ1) is 11.5. The lowest BCUT2D eigenvalue weighted by Crippen LogP contribution is -2.27. The predicted molar refractivity (Wildman–Crippen MR) is 89.3 cm³/mol. The number of ether oxygens (including phenoxy) is 2. The van der Waals surface area contributed by atoms with Gasteiger partial charge in [0.15, 0.2) is 0 Å². The van der Waals surface area contributed by atoms with E-state index in [9.17, 15) is 13.6 Å². The summed E-state index contributed by atoms with van der Waals surface area (Å²) in [5.74, 6) is 0.595. The standard InChI is InChI=1S/C17H19F2NO3S/c1-11(2)12-3-5-13(6-4-12)22-9-8-20-16(21)15-14(7-10-24-15)23-17(18)19/h3-7,10-11,17H,8-9H2,1-2H3,(H,20,21). The number of carbonyl (C=O) groups is 1. The fraction of sp³-hybridized carbons (Fsp3) is 0.353. The molecule has 7 heteroatoms. The number of thiophene rings is 1. The first-order valence-electron chi connectivity index (χ1n) is 7.50. The number of hydrogen-bond donors (Lipinski definition) is 1. The number of halogens is 2. The van der Waals surface area contributed by atoms with Gasteiger partial charge in [-0.2, -0.15) is 8.78 Å². The first-order valence-corrected chi connectivity index (χ1v) is 8.38. The second kappa shape index (κ2) is 8.63. The van der Waals surface area contributed by atoms with Gasteiger partial charge in [0.25, 0.3) is 5.91 Å². The molecule has 0 saturated carbocycles. The van der Waals surface area contributed by atoms with Crippen LogP contribution in [0.2, 0.25) is 0 Å². The highest BCUT2D eigenvalue weighted by Gasteiger charge is 2.17. The molecule has 0 aliphatic rings. The molecular formula is C17H19F2NO3S. The minimum atomic E-state index is -2.96. The summed E-state index contributed by atoms with van der Waals surface area (Å²) in [6.07, 6.45) is 0. The van der Waals surface area contributed by atoms with E-state index in [0.29, 0.717) is 11.7 Å². The van der Waals surface area contributed by atoms with Crippen LogP contribution in [0.4, 0.5) is 8.78 Å². The van der Waals surface area contributed by atoms with Crippen molar-refractivity contribution in [3.05, 3.63) is 46.2 Å². The van der Waals surface area contributed by atoms with E-state index in [1.807, 2.05) is 24.3 Å². The molecule has 1 heterocycles. The van der Waals surface area contributed by atoms with Gasteiger partial charge in [-0.25, -0.2) is 0 Å². The van der Waals surface area contributed by atoms with E-state index < -0.39 is 12.5 Å². The van der Waals surface area contributed by atoms with Crippen molar-refractivity contribution in [3.8, 4) is 11.5 Å². The summed E-state index contributed by atoms with van der Waals surface area (Å²) in [6, 6.07) is 9.10. The van der Waals surface area contributed by atoms with E-state index in [-0.39, 0.29) is 23.8 Å². The molecule has 2 aromatic rings. The second-order valence-electron chi connectivity index (χ2n) is 5.32. The minimum absolute atomic E-state index is 0.113. The van der Waals surface area contributed by atoms with Crippen molar-refractivity contribution in [3.63, 3.8) is 0 Å². The maximum atomic E-state index is 12.2. The van der Waals surface area contributed by atoms with Crippen LogP contribution in [0.15, 0.2) is 35.7 Å². The van der Waals surface area contributed by atoms with Crippen LogP contribution in [0, 0.1) is 0 Å². The van der Waals surface area contributed by atoms with E-state index in [1.54, 1.807) is 0 Å². The lowest BCUT2D eigenvalue weighted by atomic mass is 10.0. The van der Waals surface area contributed by atoms with Gasteiger partial charge in [-0.3, -0.25) is 4.79 Å². The van der Waals surface area contributed by atoms with Crippen molar-refractivity contribution in [2.45, 2.75) is 26.4 Å². The van der Waals surface area contributed by atoms with Gasteiger partial charge < -0.3 is 14.8 Å². The SMILES string of the molecule is CC(C)c1ccc(OCCNC(=O)c2sccc2OC(F)F)cc1. The van der Waals surface area contributed by atoms with E-state index in [2.05, 4.69) is 23.9 Å². The molecule has 0 spiro atoms. The molecule has 1 amide bonds. The molecule has 0 fully saturated rings. The number of rotatable bonds is 8. The average molecular weight is 355 g/mol. The fourth-order valence-corrected chi connectivity index (χ4v) is 2.75. The summed E-state index contributed by atoms with van der Waals surface area (Å²) in [5.41, 5.74) is 1.22. The van der Waals surface area contributed by atoms with Crippen molar-refractivity contribution in [1.82, 2.24) is 5.32 Å². The molecule has 0 aliphatic heterocycles. The number of benzene rings is 1. The largest absolute Gasteiger partial charge is 0.492 e. The van der Waals surface area contributed by atoms with Gasteiger partial charge in [0.1, 0.15) is 23.0 Å². The van der Waals surface area contributed by atoms with Crippen molar-refractivity contribution in [1.29, 1.82) is 0 Å². The molecule has 0 radical (unpaired) electrons. The molecule has 0 saturated heterocycles. The van der Waals surface area contributed by atoms with E-state index in [0.717, 1.165) is 11.3 Å². The van der Waals surface area contributed by atoms with Crippen molar-refractivity contribution < 1.29 is 23.0 Å². The molecule has 1 N–H and O–H groups in total. The molecule has 1 aromatic heterocycles. The van der Waals surface area contributed by atoms with E-state index in [1.165, 1.54) is 17.0 Å². The monoisotopic (exact) mass is 355 g/mol. The zero-order valence-electron chi connectivity index (χ0n) is 13.4. The third-order valence-electron chi connectivity index (χ3n) is 3.25. The maximum absolute atomic E-state index is 12.2. The summed E-state index contributed by atoms with van der Waals surface area (Å²) in [7, 11) is 0. The molecule has 4 nitrogen and oxygen atoms in total. The average Bonchev–Trinajstić information content (AvgIpc) is 2.99. The Morgan fingerprint density at radius 2 is 1.92 bits per heavy atom. The fourth-order valence-electron chi connectivity index (χ4n) is 2.01. The van der Waals surface area contributed by atoms with Crippen LogP contribution in [0.3, 0.4) is 0 Å². The lowest BCUT2D eigenvalue weighted by Gasteiger charge is -2.10. The highest BCUT2D eigenvalue weighted by atomic mass is 32.1. The highest BCUT2D eigenvalue weighted by Crippen LogP contribution is 2.26. The third-order valence-corrected chi connectivity index (χ3v) is 4.15. The van der Waals surface area contributed by atoms with Crippen LogP contribution >= 0.6 is 11.3 Å². The normalized spacial score (nSPS) is 10.9. The van der Waals surface area contributed by atoms with Crippen molar-refractivity contribution in [2.24, 2.45) is 0 Å². The molecule has 0 bridgehead atoms.